The maximum atomic E-state index is 12.4. The number of rotatable bonds is 5. The molecular weight excluding hydrogens is 294 g/mol. The highest BCUT2D eigenvalue weighted by Gasteiger charge is 2.48. The van der Waals surface area contributed by atoms with E-state index in [1.807, 2.05) is 31.2 Å². The molecule has 2 aromatic rings. The number of carbonyl (C=O) groups is 2. The molecule has 0 saturated heterocycles. The molecule has 1 fully saturated rings. The van der Waals surface area contributed by atoms with E-state index in [1.54, 1.807) is 17.8 Å². The first kappa shape index (κ1) is 15.3. The Morgan fingerprint density at radius 1 is 1.35 bits per heavy atom. The standard InChI is InChI=1S/C17H19N3O3/c1-11-5-3-4-6-14(11)20-10-12(9-18-20)15(21)19-17(2,16(22)23)13-7-8-13/h3-6,9-10,13H,7-8H2,1-2H3,(H,19,21)(H,22,23). The summed E-state index contributed by atoms with van der Waals surface area (Å²) in [6, 6.07) is 7.71. The minimum absolute atomic E-state index is 0.00429. The molecule has 0 bridgehead atoms. The van der Waals surface area contributed by atoms with Gasteiger partial charge in [-0.25, -0.2) is 9.48 Å². The average molecular weight is 313 g/mol. The molecule has 1 atom stereocenters. The number of nitrogens with one attached hydrogen (secondary N) is 1. The molecule has 3 rings (SSSR count). The van der Waals surface area contributed by atoms with Crippen LogP contribution in [0.2, 0.25) is 0 Å². The third kappa shape index (κ3) is 2.84. The third-order valence-electron chi connectivity index (χ3n) is 4.42. The van der Waals surface area contributed by atoms with Gasteiger partial charge in [-0.15, -0.1) is 0 Å². The summed E-state index contributed by atoms with van der Waals surface area (Å²) < 4.78 is 1.62. The summed E-state index contributed by atoms with van der Waals surface area (Å²) in [5, 5.41) is 16.3. The van der Waals surface area contributed by atoms with Crippen LogP contribution in [0.15, 0.2) is 36.7 Å². The van der Waals surface area contributed by atoms with Gasteiger partial charge in [-0.05, 0) is 44.2 Å². The van der Waals surface area contributed by atoms with E-state index in [1.165, 1.54) is 6.20 Å². The number of aliphatic carboxylic acids is 1. The fourth-order valence-corrected chi connectivity index (χ4v) is 2.69. The molecule has 1 aromatic heterocycles. The molecular formula is C17H19N3O3. The SMILES string of the molecule is Cc1ccccc1-n1cc(C(=O)NC(C)(C(=O)O)C2CC2)cn1. The highest BCUT2D eigenvalue weighted by molar-refractivity contribution is 5.97. The van der Waals surface area contributed by atoms with Crippen molar-refractivity contribution in [2.24, 2.45) is 5.92 Å². The molecule has 1 saturated carbocycles. The van der Waals surface area contributed by atoms with Gasteiger partial charge in [-0.3, -0.25) is 4.79 Å². The van der Waals surface area contributed by atoms with Crippen molar-refractivity contribution in [1.82, 2.24) is 15.1 Å². The quantitative estimate of drug-likeness (QED) is 0.886. The van der Waals surface area contributed by atoms with E-state index in [4.69, 9.17) is 0 Å². The predicted molar refractivity (Wildman–Crippen MR) is 84.5 cm³/mol. The molecule has 1 amide bonds. The van der Waals surface area contributed by atoms with Gasteiger partial charge >= 0.3 is 5.97 Å². The zero-order valence-corrected chi connectivity index (χ0v) is 13.1. The van der Waals surface area contributed by atoms with Crippen molar-refractivity contribution in [2.75, 3.05) is 0 Å². The molecule has 1 aromatic carbocycles. The topological polar surface area (TPSA) is 84.2 Å². The van der Waals surface area contributed by atoms with Crippen molar-refractivity contribution in [1.29, 1.82) is 0 Å². The van der Waals surface area contributed by atoms with E-state index in [-0.39, 0.29) is 5.92 Å². The van der Waals surface area contributed by atoms with Crippen LogP contribution < -0.4 is 5.32 Å². The maximum Gasteiger partial charge on any atom is 0.329 e. The van der Waals surface area contributed by atoms with E-state index in [0.29, 0.717) is 5.56 Å². The number of carboxylic acid groups (broad SMARTS) is 1. The summed E-state index contributed by atoms with van der Waals surface area (Å²) in [7, 11) is 0. The van der Waals surface area contributed by atoms with E-state index in [2.05, 4.69) is 10.4 Å². The first-order valence-electron chi connectivity index (χ1n) is 7.58. The van der Waals surface area contributed by atoms with Crippen molar-refractivity contribution in [2.45, 2.75) is 32.2 Å². The van der Waals surface area contributed by atoms with Crippen LogP contribution in [-0.2, 0) is 4.79 Å². The van der Waals surface area contributed by atoms with Crippen LogP contribution in [0, 0.1) is 12.8 Å². The van der Waals surface area contributed by atoms with Crippen molar-refractivity contribution in [3.63, 3.8) is 0 Å². The Balaban J connectivity index is 1.82. The summed E-state index contributed by atoms with van der Waals surface area (Å²) in [5.41, 5.74) is 1.05. The van der Waals surface area contributed by atoms with E-state index >= 15 is 0 Å². The first-order chi connectivity index (χ1) is 10.9. The van der Waals surface area contributed by atoms with Crippen molar-refractivity contribution in [3.05, 3.63) is 47.8 Å². The highest BCUT2D eigenvalue weighted by atomic mass is 16.4. The zero-order chi connectivity index (χ0) is 16.6. The molecule has 1 aliphatic rings. The average Bonchev–Trinajstić information content (AvgIpc) is 3.26. The lowest BCUT2D eigenvalue weighted by Gasteiger charge is -2.25. The number of carboxylic acids is 1. The number of benzene rings is 1. The highest BCUT2D eigenvalue weighted by Crippen LogP contribution is 2.39. The first-order valence-corrected chi connectivity index (χ1v) is 7.58. The van der Waals surface area contributed by atoms with Crippen molar-refractivity contribution < 1.29 is 14.7 Å². The van der Waals surface area contributed by atoms with Crippen LogP contribution in [0.5, 0.6) is 0 Å². The lowest BCUT2D eigenvalue weighted by Crippen LogP contribution is -2.53. The molecule has 6 heteroatoms. The molecule has 120 valence electrons. The van der Waals surface area contributed by atoms with Gasteiger partial charge in [0.05, 0.1) is 17.4 Å². The van der Waals surface area contributed by atoms with E-state index in [9.17, 15) is 14.7 Å². The Labute approximate surface area is 134 Å². The molecule has 1 unspecified atom stereocenters. The predicted octanol–water partition coefficient (Wildman–Crippen LogP) is 2.16. The van der Waals surface area contributed by atoms with Gasteiger partial charge in [-0.2, -0.15) is 5.10 Å². The van der Waals surface area contributed by atoms with Crippen molar-refractivity contribution >= 4 is 11.9 Å². The Bertz CT molecular complexity index is 764. The number of hydrogen-bond acceptors (Lipinski definition) is 3. The number of aryl methyl sites for hydroxylation is 1. The number of aromatic nitrogens is 2. The third-order valence-corrected chi connectivity index (χ3v) is 4.42. The van der Waals surface area contributed by atoms with Gasteiger partial charge in [0.1, 0.15) is 5.54 Å². The van der Waals surface area contributed by atoms with Crippen molar-refractivity contribution in [3.8, 4) is 5.69 Å². The monoisotopic (exact) mass is 313 g/mol. The van der Waals surface area contributed by atoms with Gasteiger partial charge in [0.2, 0.25) is 0 Å². The van der Waals surface area contributed by atoms with Crippen LogP contribution in [0.4, 0.5) is 0 Å². The number of carbonyl (C=O) groups excluding carboxylic acids is 1. The van der Waals surface area contributed by atoms with Gasteiger partial charge in [0.15, 0.2) is 0 Å². The number of para-hydroxylation sites is 1. The fraction of sp³-hybridized carbons (Fsp3) is 0.353. The molecule has 0 aliphatic heterocycles. The van der Waals surface area contributed by atoms with Gasteiger partial charge in [-0.1, -0.05) is 18.2 Å². The molecule has 6 nitrogen and oxygen atoms in total. The maximum absolute atomic E-state index is 12.4. The number of amides is 1. The Hall–Kier alpha value is -2.63. The smallest absolute Gasteiger partial charge is 0.329 e. The Morgan fingerprint density at radius 3 is 2.65 bits per heavy atom. The summed E-state index contributed by atoms with van der Waals surface area (Å²) in [4.78, 5) is 23.9. The summed E-state index contributed by atoms with van der Waals surface area (Å²) in [5.74, 6) is -1.42. The molecule has 2 N–H and O–H groups in total. The fourth-order valence-electron chi connectivity index (χ4n) is 2.69. The summed E-state index contributed by atoms with van der Waals surface area (Å²) in [6.07, 6.45) is 4.72. The summed E-state index contributed by atoms with van der Waals surface area (Å²) >= 11 is 0. The second-order valence-electron chi connectivity index (χ2n) is 6.20. The Morgan fingerprint density at radius 2 is 2.04 bits per heavy atom. The van der Waals surface area contributed by atoms with Crippen LogP contribution in [0.1, 0.15) is 35.7 Å². The second kappa shape index (κ2) is 5.53. The molecule has 0 radical (unpaired) electrons. The lowest BCUT2D eigenvalue weighted by atomic mass is 9.95. The van der Waals surface area contributed by atoms with Crippen LogP contribution in [0.3, 0.4) is 0 Å². The number of nitrogens with zero attached hydrogens (tertiary/aromatic N) is 2. The molecule has 1 aliphatic carbocycles. The van der Waals surface area contributed by atoms with Crippen LogP contribution >= 0.6 is 0 Å². The normalized spacial score (nSPS) is 16.6. The largest absolute Gasteiger partial charge is 0.480 e. The van der Waals surface area contributed by atoms with E-state index < -0.39 is 17.4 Å². The summed E-state index contributed by atoms with van der Waals surface area (Å²) in [6.45, 7) is 3.53. The lowest BCUT2D eigenvalue weighted by molar-refractivity contribution is -0.144. The minimum Gasteiger partial charge on any atom is -0.480 e. The zero-order valence-electron chi connectivity index (χ0n) is 13.1. The minimum atomic E-state index is -1.22. The number of hydrogen-bond donors (Lipinski definition) is 2. The Kier molecular flexibility index (Phi) is 3.67. The van der Waals surface area contributed by atoms with E-state index in [0.717, 1.165) is 24.1 Å². The van der Waals surface area contributed by atoms with Gasteiger partial charge in [0.25, 0.3) is 5.91 Å². The molecule has 0 spiro atoms. The van der Waals surface area contributed by atoms with Crippen LogP contribution in [-0.4, -0.2) is 32.3 Å². The molecule has 23 heavy (non-hydrogen) atoms. The van der Waals surface area contributed by atoms with Crippen LogP contribution in [0.25, 0.3) is 5.69 Å². The van der Waals surface area contributed by atoms with Gasteiger partial charge < -0.3 is 10.4 Å². The molecule has 1 heterocycles. The van der Waals surface area contributed by atoms with Gasteiger partial charge in [0, 0.05) is 6.20 Å². The second-order valence-corrected chi connectivity index (χ2v) is 6.20.